The van der Waals surface area contributed by atoms with Crippen LogP contribution in [0.15, 0.2) is 24.3 Å². The molecule has 104 valence electrons. The van der Waals surface area contributed by atoms with E-state index in [4.69, 9.17) is 5.73 Å². The van der Waals surface area contributed by atoms with E-state index in [2.05, 4.69) is 22.3 Å². The minimum Gasteiger partial charge on any atom is -0.378 e. The molecule has 0 spiro atoms. The van der Waals surface area contributed by atoms with Crippen LogP contribution in [0.3, 0.4) is 0 Å². The molecule has 1 aliphatic carbocycles. The molecule has 1 aromatic carbocycles. The van der Waals surface area contributed by atoms with Gasteiger partial charge >= 0.3 is 0 Å². The summed E-state index contributed by atoms with van der Waals surface area (Å²) in [4.78, 5) is 14.1. The van der Waals surface area contributed by atoms with E-state index in [1.165, 1.54) is 0 Å². The highest BCUT2D eigenvalue weighted by atomic mass is 16.1. The van der Waals surface area contributed by atoms with Gasteiger partial charge in [-0.15, -0.1) is 0 Å². The number of hydrogen-bond donors (Lipinski definition) is 2. The average molecular weight is 261 g/mol. The first kappa shape index (κ1) is 13.9. The van der Waals surface area contributed by atoms with Gasteiger partial charge in [0.2, 0.25) is 5.91 Å². The molecule has 4 heteroatoms. The third kappa shape index (κ3) is 3.47. The Balaban J connectivity index is 1.86. The lowest BCUT2D eigenvalue weighted by Crippen LogP contribution is -2.38. The maximum absolute atomic E-state index is 12.0. The lowest BCUT2D eigenvalue weighted by atomic mass is 10.0. The number of carbonyl (C=O) groups excluding carboxylic acids is 1. The third-order valence-corrected chi connectivity index (χ3v) is 3.83. The SMILES string of the molecule is CN(C)c1ccc(CNC(=O)C2CCCC2N)cc1. The molecular formula is C15H23N3O. The van der Waals surface area contributed by atoms with Gasteiger partial charge in [0.15, 0.2) is 0 Å². The van der Waals surface area contributed by atoms with Crippen molar-refractivity contribution in [1.29, 1.82) is 0 Å². The van der Waals surface area contributed by atoms with E-state index in [9.17, 15) is 4.79 Å². The molecule has 3 N–H and O–H groups in total. The number of hydrogen-bond acceptors (Lipinski definition) is 3. The van der Waals surface area contributed by atoms with Gasteiger partial charge in [-0.2, -0.15) is 0 Å². The number of nitrogens with zero attached hydrogens (tertiary/aromatic N) is 1. The Morgan fingerprint density at radius 3 is 2.53 bits per heavy atom. The molecule has 0 bridgehead atoms. The van der Waals surface area contributed by atoms with Crippen molar-refractivity contribution in [3.8, 4) is 0 Å². The van der Waals surface area contributed by atoms with Crippen LogP contribution in [0.5, 0.6) is 0 Å². The standard InChI is InChI=1S/C15H23N3O/c1-18(2)12-8-6-11(7-9-12)10-17-15(19)13-4-3-5-14(13)16/h6-9,13-14H,3-5,10,16H2,1-2H3,(H,17,19). The molecule has 19 heavy (non-hydrogen) atoms. The Bertz CT molecular complexity index is 428. The minimum absolute atomic E-state index is 0.000971. The second-order valence-corrected chi connectivity index (χ2v) is 5.48. The molecular weight excluding hydrogens is 238 g/mol. The molecule has 2 atom stereocenters. The Labute approximate surface area is 115 Å². The maximum Gasteiger partial charge on any atom is 0.224 e. The van der Waals surface area contributed by atoms with Crippen molar-refractivity contribution in [3.05, 3.63) is 29.8 Å². The van der Waals surface area contributed by atoms with Crippen LogP contribution in [-0.4, -0.2) is 26.0 Å². The van der Waals surface area contributed by atoms with Crippen molar-refractivity contribution in [3.63, 3.8) is 0 Å². The number of benzene rings is 1. The van der Waals surface area contributed by atoms with E-state index in [0.29, 0.717) is 6.54 Å². The Hall–Kier alpha value is -1.55. The van der Waals surface area contributed by atoms with Gasteiger partial charge in [0.05, 0.1) is 5.92 Å². The van der Waals surface area contributed by atoms with Crippen LogP contribution >= 0.6 is 0 Å². The fourth-order valence-electron chi connectivity index (χ4n) is 2.55. The van der Waals surface area contributed by atoms with Crippen LogP contribution in [0.4, 0.5) is 5.69 Å². The molecule has 0 radical (unpaired) electrons. The molecule has 1 aromatic rings. The van der Waals surface area contributed by atoms with Gasteiger partial charge in [0, 0.05) is 32.4 Å². The summed E-state index contributed by atoms with van der Waals surface area (Å²) in [5, 5.41) is 2.99. The minimum atomic E-state index is 0.000971. The smallest absolute Gasteiger partial charge is 0.224 e. The molecule has 0 heterocycles. The van der Waals surface area contributed by atoms with Gasteiger partial charge in [0.1, 0.15) is 0 Å². The summed E-state index contributed by atoms with van der Waals surface area (Å²) < 4.78 is 0. The second kappa shape index (κ2) is 6.06. The van der Waals surface area contributed by atoms with Crippen molar-refractivity contribution >= 4 is 11.6 Å². The number of amides is 1. The first-order chi connectivity index (χ1) is 9.08. The van der Waals surface area contributed by atoms with Crippen LogP contribution in [0.2, 0.25) is 0 Å². The van der Waals surface area contributed by atoms with Crippen LogP contribution in [-0.2, 0) is 11.3 Å². The molecule has 1 aliphatic rings. The third-order valence-electron chi connectivity index (χ3n) is 3.83. The highest BCUT2D eigenvalue weighted by molar-refractivity contribution is 5.79. The lowest BCUT2D eigenvalue weighted by molar-refractivity contribution is -0.125. The lowest BCUT2D eigenvalue weighted by Gasteiger charge is -2.16. The van der Waals surface area contributed by atoms with E-state index in [1.807, 2.05) is 26.2 Å². The summed E-state index contributed by atoms with van der Waals surface area (Å²) in [6.07, 6.45) is 2.96. The van der Waals surface area contributed by atoms with Crippen LogP contribution in [0.1, 0.15) is 24.8 Å². The zero-order chi connectivity index (χ0) is 13.8. The Morgan fingerprint density at radius 1 is 1.32 bits per heavy atom. The van der Waals surface area contributed by atoms with Crippen molar-refractivity contribution in [2.45, 2.75) is 31.8 Å². The van der Waals surface area contributed by atoms with Crippen molar-refractivity contribution in [2.75, 3.05) is 19.0 Å². The summed E-state index contributed by atoms with van der Waals surface area (Å²) >= 11 is 0. The van der Waals surface area contributed by atoms with Gasteiger partial charge in [-0.1, -0.05) is 18.6 Å². The van der Waals surface area contributed by atoms with Gasteiger partial charge in [-0.05, 0) is 30.5 Å². The van der Waals surface area contributed by atoms with E-state index in [0.717, 1.165) is 30.5 Å². The van der Waals surface area contributed by atoms with E-state index in [-0.39, 0.29) is 17.9 Å². The predicted molar refractivity (Wildman–Crippen MR) is 77.9 cm³/mol. The van der Waals surface area contributed by atoms with Crippen LogP contribution < -0.4 is 16.0 Å². The van der Waals surface area contributed by atoms with Crippen molar-refractivity contribution in [1.82, 2.24) is 5.32 Å². The van der Waals surface area contributed by atoms with E-state index >= 15 is 0 Å². The summed E-state index contributed by atoms with van der Waals surface area (Å²) in [6, 6.07) is 8.25. The fraction of sp³-hybridized carbons (Fsp3) is 0.533. The molecule has 2 rings (SSSR count). The van der Waals surface area contributed by atoms with E-state index in [1.54, 1.807) is 0 Å². The quantitative estimate of drug-likeness (QED) is 0.863. The maximum atomic E-state index is 12.0. The molecule has 1 amide bonds. The zero-order valence-corrected chi connectivity index (χ0v) is 11.7. The average Bonchev–Trinajstić information content (AvgIpc) is 2.83. The first-order valence-corrected chi connectivity index (χ1v) is 6.87. The summed E-state index contributed by atoms with van der Waals surface area (Å²) in [7, 11) is 4.02. The molecule has 1 fully saturated rings. The van der Waals surface area contributed by atoms with Crippen molar-refractivity contribution < 1.29 is 4.79 Å². The van der Waals surface area contributed by atoms with Gasteiger partial charge in [-0.25, -0.2) is 0 Å². The molecule has 0 aliphatic heterocycles. The molecule has 2 unspecified atom stereocenters. The Morgan fingerprint density at radius 2 is 2.00 bits per heavy atom. The van der Waals surface area contributed by atoms with Gasteiger partial charge < -0.3 is 16.0 Å². The largest absolute Gasteiger partial charge is 0.378 e. The molecule has 0 aromatic heterocycles. The molecule has 0 saturated heterocycles. The monoisotopic (exact) mass is 261 g/mol. The molecule has 1 saturated carbocycles. The molecule has 4 nitrogen and oxygen atoms in total. The predicted octanol–water partition coefficient (Wildman–Crippen LogP) is 1.50. The summed E-state index contributed by atoms with van der Waals surface area (Å²) in [5.41, 5.74) is 8.21. The number of nitrogens with two attached hydrogens (primary N) is 1. The van der Waals surface area contributed by atoms with E-state index < -0.39 is 0 Å². The van der Waals surface area contributed by atoms with Crippen molar-refractivity contribution in [2.24, 2.45) is 11.7 Å². The number of carbonyl (C=O) groups is 1. The fourth-order valence-corrected chi connectivity index (χ4v) is 2.55. The highest BCUT2D eigenvalue weighted by Gasteiger charge is 2.29. The number of nitrogens with one attached hydrogen (secondary N) is 1. The topological polar surface area (TPSA) is 58.4 Å². The van der Waals surface area contributed by atoms with Crippen LogP contribution in [0, 0.1) is 5.92 Å². The van der Waals surface area contributed by atoms with Gasteiger partial charge in [0.25, 0.3) is 0 Å². The summed E-state index contributed by atoms with van der Waals surface area (Å²) in [5.74, 6) is 0.0998. The Kier molecular flexibility index (Phi) is 4.43. The van der Waals surface area contributed by atoms with Crippen LogP contribution in [0.25, 0.3) is 0 Å². The highest BCUT2D eigenvalue weighted by Crippen LogP contribution is 2.24. The van der Waals surface area contributed by atoms with Gasteiger partial charge in [-0.3, -0.25) is 4.79 Å². The summed E-state index contributed by atoms with van der Waals surface area (Å²) in [6.45, 7) is 0.579. The second-order valence-electron chi connectivity index (χ2n) is 5.48. The zero-order valence-electron chi connectivity index (χ0n) is 11.7. The first-order valence-electron chi connectivity index (χ1n) is 6.87. The number of rotatable bonds is 4. The number of anilines is 1. The normalized spacial score (nSPS) is 22.3.